The van der Waals surface area contributed by atoms with Gasteiger partial charge in [-0.3, -0.25) is 0 Å². The molecule has 0 aromatic heterocycles. The normalized spacial score (nSPS) is 38.4. The van der Waals surface area contributed by atoms with Crippen molar-refractivity contribution in [2.45, 2.75) is 82.8 Å². The Morgan fingerprint density at radius 3 is 2.65 bits per heavy atom. The minimum atomic E-state index is 0.302. The molecule has 1 aliphatic heterocycles. The molecule has 2 aliphatic carbocycles. The van der Waals surface area contributed by atoms with E-state index in [0.29, 0.717) is 5.60 Å². The standard InChI is InChI=1S/C18H33NO/c1-3-14-6-4-7-15(12-14)17(19-2)16-8-11-20-18(13-16)9-5-10-18/h14-17,19H,3-13H2,1-2H3. The third-order valence-corrected chi connectivity index (χ3v) is 6.55. The van der Waals surface area contributed by atoms with Crippen molar-refractivity contribution in [1.29, 1.82) is 0 Å². The minimum Gasteiger partial charge on any atom is -0.375 e. The van der Waals surface area contributed by atoms with Crippen LogP contribution in [-0.2, 0) is 4.74 Å². The Kier molecular flexibility index (Phi) is 4.72. The van der Waals surface area contributed by atoms with Gasteiger partial charge in [0.05, 0.1) is 5.60 Å². The zero-order valence-electron chi connectivity index (χ0n) is 13.5. The molecule has 3 fully saturated rings. The second-order valence-electron chi connectivity index (χ2n) is 7.65. The van der Waals surface area contributed by atoms with E-state index in [1.807, 2.05) is 0 Å². The van der Waals surface area contributed by atoms with Gasteiger partial charge >= 0.3 is 0 Å². The van der Waals surface area contributed by atoms with Gasteiger partial charge in [-0.25, -0.2) is 0 Å². The minimum absolute atomic E-state index is 0.302. The van der Waals surface area contributed by atoms with E-state index >= 15 is 0 Å². The van der Waals surface area contributed by atoms with Crippen molar-refractivity contribution in [3.8, 4) is 0 Å². The van der Waals surface area contributed by atoms with Crippen LogP contribution in [0, 0.1) is 17.8 Å². The van der Waals surface area contributed by atoms with Gasteiger partial charge in [-0.2, -0.15) is 0 Å². The van der Waals surface area contributed by atoms with E-state index in [0.717, 1.165) is 30.4 Å². The summed E-state index contributed by atoms with van der Waals surface area (Å²) in [5.74, 6) is 2.76. The highest BCUT2D eigenvalue weighted by Gasteiger charge is 2.45. The van der Waals surface area contributed by atoms with Crippen molar-refractivity contribution in [1.82, 2.24) is 5.32 Å². The van der Waals surface area contributed by atoms with Crippen molar-refractivity contribution in [3.05, 3.63) is 0 Å². The van der Waals surface area contributed by atoms with Gasteiger partial charge in [0.25, 0.3) is 0 Å². The molecular formula is C18H33NO. The summed E-state index contributed by atoms with van der Waals surface area (Å²) in [6.45, 7) is 3.38. The van der Waals surface area contributed by atoms with Crippen molar-refractivity contribution in [2.75, 3.05) is 13.7 Å². The van der Waals surface area contributed by atoms with Gasteiger partial charge in [-0.15, -0.1) is 0 Å². The fourth-order valence-corrected chi connectivity index (χ4v) is 5.18. The third-order valence-electron chi connectivity index (χ3n) is 6.55. The van der Waals surface area contributed by atoms with E-state index in [1.54, 1.807) is 0 Å². The van der Waals surface area contributed by atoms with Crippen LogP contribution in [-0.4, -0.2) is 25.3 Å². The quantitative estimate of drug-likeness (QED) is 0.835. The Morgan fingerprint density at radius 1 is 1.15 bits per heavy atom. The highest BCUT2D eigenvalue weighted by atomic mass is 16.5. The molecule has 4 atom stereocenters. The first-order chi connectivity index (χ1) is 9.76. The van der Waals surface area contributed by atoms with Gasteiger partial charge in [0.15, 0.2) is 0 Å². The molecular weight excluding hydrogens is 246 g/mol. The van der Waals surface area contributed by atoms with Crippen LogP contribution in [0.1, 0.15) is 71.1 Å². The summed E-state index contributed by atoms with van der Waals surface area (Å²) in [4.78, 5) is 0. The summed E-state index contributed by atoms with van der Waals surface area (Å²) in [6, 6.07) is 0.741. The van der Waals surface area contributed by atoms with Crippen LogP contribution in [0.5, 0.6) is 0 Å². The Balaban J connectivity index is 1.63. The smallest absolute Gasteiger partial charge is 0.0685 e. The van der Waals surface area contributed by atoms with Crippen molar-refractivity contribution in [3.63, 3.8) is 0 Å². The van der Waals surface area contributed by atoms with Gasteiger partial charge in [0.1, 0.15) is 0 Å². The molecule has 0 amide bonds. The lowest BCUT2D eigenvalue weighted by Gasteiger charge is -2.50. The molecule has 0 radical (unpaired) electrons. The lowest BCUT2D eigenvalue weighted by Crippen LogP contribution is -2.52. The zero-order chi connectivity index (χ0) is 14.0. The SMILES string of the molecule is CCC1CCCC(C(NC)C2CCOC3(CCC3)C2)C1. The van der Waals surface area contributed by atoms with Gasteiger partial charge < -0.3 is 10.1 Å². The van der Waals surface area contributed by atoms with Gasteiger partial charge in [-0.05, 0) is 69.7 Å². The van der Waals surface area contributed by atoms with Crippen LogP contribution in [0.2, 0.25) is 0 Å². The van der Waals surface area contributed by atoms with Crippen LogP contribution in [0.3, 0.4) is 0 Å². The molecule has 3 aliphatic rings. The summed E-state index contributed by atoms with van der Waals surface area (Å²) < 4.78 is 6.13. The molecule has 0 aromatic carbocycles. The summed E-state index contributed by atoms with van der Waals surface area (Å²) in [5, 5.41) is 3.72. The van der Waals surface area contributed by atoms with E-state index in [2.05, 4.69) is 19.3 Å². The zero-order valence-corrected chi connectivity index (χ0v) is 13.5. The third kappa shape index (κ3) is 2.92. The summed E-state index contributed by atoms with van der Waals surface area (Å²) in [5.41, 5.74) is 0.302. The maximum atomic E-state index is 6.13. The van der Waals surface area contributed by atoms with E-state index < -0.39 is 0 Å². The first-order valence-corrected chi connectivity index (χ1v) is 9.07. The fourth-order valence-electron chi connectivity index (χ4n) is 5.18. The number of hydrogen-bond donors (Lipinski definition) is 1. The van der Waals surface area contributed by atoms with E-state index in [4.69, 9.17) is 4.74 Å². The number of rotatable bonds is 4. The van der Waals surface area contributed by atoms with E-state index in [-0.39, 0.29) is 0 Å². The van der Waals surface area contributed by atoms with Gasteiger partial charge in [0.2, 0.25) is 0 Å². The molecule has 4 unspecified atom stereocenters. The first-order valence-electron chi connectivity index (χ1n) is 9.07. The second-order valence-corrected chi connectivity index (χ2v) is 7.65. The van der Waals surface area contributed by atoms with E-state index in [1.165, 1.54) is 64.2 Å². The van der Waals surface area contributed by atoms with Crippen LogP contribution in [0.4, 0.5) is 0 Å². The molecule has 1 spiro atoms. The Hall–Kier alpha value is -0.0800. The average Bonchev–Trinajstić information content (AvgIpc) is 2.47. The molecule has 2 heteroatoms. The Bertz CT molecular complexity index is 313. The summed E-state index contributed by atoms with van der Waals surface area (Å²) >= 11 is 0. The maximum absolute atomic E-state index is 6.13. The fraction of sp³-hybridized carbons (Fsp3) is 1.00. The highest BCUT2D eigenvalue weighted by Crippen LogP contribution is 2.47. The predicted molar refractivity (Wildman–Crippen MR) is 83.8 cm³/mol. The van der Waals surface area contributed by atoms with Crippen LogP contribution < -0.4 is 5.32 Å². The number of ether oxygens (including phenoxy) is 1. The van der Waals surface area contributed by atoms with E-state index in [9.17, 15) is 0 Å². The molecule has 1 heterocycles. The highest BCUT2D eigenvalue weighted by molar-refractivity contribution is 4.98. The lowest BCUT2D eigenvalue weighted by atomic mass is 9.66. The van der Waals surface area contributed by atoms with Gasteiger partial charge in [0, 0.05) is 12.6 Å². The van der Waals surface area contributed by atoms with Crippen molar-refractivity contribution < 1.29 is 4.74 Å². The number of hydrogen-bond acceptors (Lipinski definition) is 2. The molecule has 0 bridgehead atoms. The molecule has 2 nitrogen and oxygen atoms in total. The molecule has 116 valence electrons. The Labute approximate surface area is 125 Å². The van der Waals surface area contributed by atoms with Crippen LogP contribution in [0.25, 0.3) is 0 Å². The molecule has 1 saturated heterocycles. The number of nitrogens with one attached hydrogen (secondary N) is 1. The average molecular weight is 279 g/mol. The monoisotopic (exact) mass is 279 g/mol. The topological polar surface area (TPSA) is 21.3 Å². The molecule has 1 N–H and O–H groups in total. The Morgan fingerprint density at radius 2 is 2.00 bits per heavy atom. The van der Waals surface area contributed by atoms with Crippen LogP contribution >= 0.6 is 0 Å². The molecule has 2 saturated carbocycles. The largest absolute Gasteiger partial charge is 0.375 e. The molecule has 0 aromatic rings. The van der Waals surface area contributed by atoms with Crippen LogP contribution in [0.15, 0.2) is 0 Å². The second kappa shape index (κ2) is 6.36. The van der Waals surface area contributed by atoms with Crippen molar-refractivity contribution in [2.24, 2.45) is 17.8 Å². The van der Waals surface area contributed by atoms with Crippen molar-refractivity contribution >= 4 is 0 Å². The van der Waals surface area contributed by atoms with Gasteiger partial charge in [-0.1, -0.05) is 26.2 Å². The first kappa shape index (κ1) is 14.8. The molecule has 3 rings (SSSR count). The lowest BCUT2D eigenvalue weighted by molar-refractivity contribution is -0.149. The summed E-state index contributed by atoms with van der Waals surface area (Å²) in [7, 11) is 2.20. The maximum Gasteiger partial charge on any atom is 0.0685 e. The predicted octanol–water partition coefficient (Wildman–Crippen LogP) is 4.14. The summed E-state index contributed by atoms with van der Waals surface area (Å²) in [6.07, 6.45) is 13.9. The molecule has 20 heavy (non-hydrogen) atoms.